The third-order valence-electron chi connectivity index (χ3n) is 4.22. The summed E-state index contributed by atoms with van der Waals surface area (Å²) in [7, 11) is 1.61. The molecule has 0 aliphatic heterocycles. The van der Waals surface area contributed by atoms with Crippen LogP contribution in [0.5, 0.6) is 11.5 Å². The molecule has 0 atom stereocenters. The highest BCUT2D eigenvalue weighted by molar-refractivity contribution is 7.80. The van der Waals surface area contributed by atoms with Gasteiger partial charge in [0, 0.05) is 23.3 Å². The Morgan fingerprint density at radius 3 is 2.61 bits per heavy atom. The van der Waals surface area contributed by atoms with E-state index in [0.717, 1.165) is 11.4 Å². The highest BCUT2D eigenvalue weighted by Gasteiger charge is 2.15. The summed E-state index contributed by atoms with van der Waals surface area (Å²) >= 11 is 17.6. The molecular formula is C21H19Cl2N3O4S. The fourth-order valence-electron chi connectivity index (χ4n) is 2.78. The largest absolute Gasteiger partial charge is 0.497 e. The second kappa shape index (κ2) is 10.5. The molecule has 0 bridgehead atoms. The number of nitrogens with one attached hydrogen (secondary N) is 2. The van der Waals surface area contributed by atoms with Gasteiger partial charge in [0.2, 0.25) is 0 Å². The molecule has 1 heterocycles. The SMILES string of the molecule is COc1ccc(NC(=S)NCCCOc2cc(C(=O)O)nc3cc(Cl)cc(Cl)c23)cc1. The molecule has 0 spiro atoms. The molecule has 1 aromatic heterocycles. The van der Waals surface area contributed by atoms with E-state index in [1.807, 2.05) is 24.3 Å². The van der Waals surface area contributed by atoms with Gasteiger partial charge in [-0.05, 0) is 55.0 Å². The predicted molar refractivity (Wildman–Crippen MR) is 126 cm³/mol. The Labute approximate surface area is 194 Å². The van der Waals surface area contributed by atoms with Gasteiger partial charge in [0.25, 0.3) is 0 Å². The number of fused-ring (bicyclic) bond motifs is 1. The van der Waals surface area contributed by atoms with Gasteiger partial charge in [0.1, 0.15) is 11.5 Å². The van der Waals surface area contributed by atoms with E-state index in [9.17, 15) is 9.90 Å². The van der Waals surface area contributed by atoms with Crippen molar-refractivity contribution in [1.82, 2.24) is 10.3 Å². The number of hydrogen-bond acceptors (Lipinski definition) is 5. The number of aromatic nitrogens is 1. The lowest BCUT2D eigenvalue weighted by Crippen LogP contribution is -2.30. The van der Waals surface area contributed by atoms with Gasteiger partial charge in [-0.2, -0.15) is 0 Å². The molecule has 0 saturated heterocycles. The zero-order valence-electron chi connectivity index (χ0n) is 16.4. The van der Waals surface area contributed by atoms with Crippen LogP contribution >= 0.6 is 35.4 Å². The maximum Gasteiger partial charge on any atom is 0.354 e. The number of anilines is 1. The first-order chi connectivity index (χ1) is 14.9. The second-order valence-electron chi connectivity index (χ2n) is 6.40. The van der Waals surface area contributed by atoms with E-state index in [1.54, 1.807) is 19.2 Å². The molecule has 162 valence electrons. The number of halogens is 2. The highest BCUT2D eigenvalue weighted by Crippen LogP contribution is 2.34. The minimum Gasteiger partial charge on any atom is -0.497 e. The lowest BCUT2D eigenvalue weighted by molar-refractivity contribution is 0.0690. The number of methoxy groups -OCH3 is 1. The normalized spacial score (nSPS) is 10.5. The van der Waals surface area contributed by atoms with E-state index < -0.39 is 5.97 Å². The number of carboxylic acids is 1. The van der Waals surface area contributed by atoms with Crippen LogP contribution < -0.4 is 20.1 Å². The van der Waals surface area contributed by atoms with Crippen molar-refractivity contribution in [3.8, 4) is 11.5 Å². The third kappa shape index (κ3) is 6.10. The van der Waals surface area contributed by atoms with Gasteiger partial charge in [-0.15, -0.1) is 0 Å². The lowest BCUT2D eigenvalue weighted by Gasteiger charge is -2.13. The Morgan fingerprint density at radius 2 is 1.94 bits per heavy atom. The number of aromatic carboxylic acids is 1. The second-order valence-corrected chi connectivity index (χ2v) is 7.66. The van der Waals surface area contributed by atoms with Crippen LogP contribution in [0, 0.1) is 0 Å². The summed E-state index contributed by atoms with van der Waals surface area (Å²) < 4.78 is 10.9. The number of benzene rings is 2. The van der Waals surface area contributed by atoms with Crippen LogP contribution in [0.15, 0.2) is 42.5 Å². The van der Waals surface area contributed by atoms with Crippen LogP contribution in [0.25, 0.3) is 10.9 Å². The molecule has 0 saturated carbocycles. The first-order valence-corrected chi connectivity index (χ1v) is 10.4. The van der Waals surface area contributed by atoms with Crippen LogP contribution in [0.3, 0.4) is 0 Å². The summed E-state index contributed by atoms with van der Waals surface area (Å²) in [6, 6.07) is 11.9. The van der Waals surface area contributed by atoms with Gasteiger partial charge in [0.05, 0.1) is 29.6 Å². The standard InChI is InChI=1S/C21H19Cl2N3O4S/c1-29-14-5-3-13(4-6-14)25-21(31)24-7-2-8-30-18-11-17(20(27)28)26-16-10-12(22)9-15(23)19(16)18/h3-6,9-11H,2,7-8H2,1H3,(H,27,28)(H2,24,25,31). The van der Waals surface area contributed by atoms with Crippen molar-refractivity contribution in [1.29, 1.82) is 0 Å². The first-order valence-electron chi connectivity index (χ1n) is 9.22. The number of rotatable bonds is 8. The number of thiocarbonyl (C=S) groups is 1. The Balaban J connectivity index is 1.56. The number of carbonyl (C=O) groups is 1. The topological polar surface area (TPSA) is 92.7 Å². The highest BCUT2D eigenvalue weighted by atomic mass is 35.5. The minimum atomic E-state index is -1.17. The quantitative estimate of drug-likeness (QED) is 0.306. The van der Waals surface area contributed by atoms with Crippen molar-refractivity contribution in [2.45, 2.75) is 6.42 Å². The molecule has 0 aliphatic carbocycles. The molecule has 10 heteroatoms. The Morgan fingerprint density at radius 1 is 1.19 bits per heavy atom. The summed E-state index contributed by atoms with van der Waals surface area (Å²) in [5.74, 6) is -0.0684. The lowest BCUT2D eigenvalue weighted by atomic mass is 10.1. The molecular weight excluding hydrogens is 461 g/mol. The average Bonchev–Trinajstić information content (AvgIpc) is 2.73. The molecule has 3 rings (SSSR count). The molecule has 0 unspecified atom stereocenters. The van der Waals surface area contributed by atoms with Crippen molar-refractivity contribution in [2.75, 3.05) is 25.6 Å². The Hall–Kier alpha value is -2.81. The van der Waals surface area contributed by atoms with E-state index in [-0.39, 0.29) is 5.69 Å². The number of pyridine rings is 1. The Bertz CT molecular complexity index is 1110. The summed E-state index contributed by atoms with van der Waals surface area (Å²) in [6.45, 7) is 0.867. The van der Waals surface area contributed by atoms with Crippen molar-refractivity contribution in [2.24, 2.45) is 0 Å². The molecule has 0 aliphatic rings. The van der Waals surface area contributed by atoms with E-state index in [2.05, 4.69) is 15.6 Å². The van der Waals surface area contributed by atoms with E-state index in [0.29, 0.717) is 51.4 Å². The number of hydrogen-bond donors (Lipinski definition) is 3. The smallest absolute Gasteiger partial charge is 0.354 e. The molecule has 2 aromatic carbocycles. The van der Waals surface area contributed by atoms with Crippen molar-refractivity contribution >= 4 is 63.1 Å². The van der Waals surface area contributed by atoms with Crippen LogP contribution in [0.1, 0.15) is 16.9 Å². The van der Waals surface area contributed by atoms with Crippen LogP contribution in [0.4, 0.5) is 5.69 Å². The fraction of sp³-hybridized carbons (Fsp3) is 0.190. The van der Waals surface area contributed by atoms with E-state index in [4.69, 9.17) is 44.9 Å². The first kappa shape index (κ1) is 22.9. The molecule has 0 radical (unpaired) electrons. The van der Waals surface area contributed by atoms with Gasteiger partial charge < -0.3 is 25.2 Å². The number of ether oxygens (including phenoxy) is 2. The van der Waals surface area contributed by atoms with Gasteiger partial charge in [-0.25, -0.2) is 9.78 Å². The van der Waals surface area contributed by atoms with Crippen molar-refractivity contribution in [3.05, 3.63) is 58.2 Å². The molecule has 3 aromatic rings. The fourth-order valence-corrected chi connectivity index (χ4v) is 3.58. The van der Waals surface area contributed by atoms with Gasteiger partial charge in [0.15, 0.2) is 10.8 Å². The molecule has 7 nitrogen and oxygen atoms in total. The molecule has 0 fully saturated rings. The summed E-state index contributed by atoms with van der Waals surface area (Å²) in [5.41, 5.74) is 1.05. The number of carboxylic acid groups (broad SMARTS) is 1. The van der Waals surface area contributed by atoms with Crippen LogP contribution in [-0.4, -0.2) is 41.4 Å². The third-order valence-corrected chi connectivity index (χ3v) is 4.98. The molecule has 0 amide bonds. The van der Waals surface area contributed by atoms with Crippen molar-refractivity contribution in [3.63, 3.8) is 0 Å². The van der Waals surface area contributed by atoms with Crippen LogP contribution in [0.2, 0.25) is 10.0 Å². The van der Waals surface area contributed by atoms with E-state index >= 15 is 0 Å². The van der Waals surface area contributed by atoms with Gasteiger partial charge in [-0.3, -0.25) is 0 Å². The van der Waals surface area contributed by atoms with Crippen molar-refractivity contribution < 1.29 is 19.4 Å². The monoisotopic (exact) mass is 479 g/mol. The summed E-state index contributed by atoms with van der Waals surface area (Å²) in [4.78, 5) is 15.5. The summed E-state index contributed by atoms with van der Waals surface area (Å²) in [6.07, 6.45) is 0.613. The summed E-state index contributed by atoms with van der Waals surface area (Å²) in [5, 5.41) is 17.2. The molecule has 31 heavy (non-hydrogen) atoms. The van der Waals surface area contributed by atoms with E-state index in [1.165, 1.54) is 6.07 Å². The molecule has 3 N–H and O–H groups in total. The van der Waals surface area contributed by atoms with Crippen LogP contribution in [-0.2, 0) is 0 Å². The number of nitrogens with zero attached hydrogens (tertiary/aromatic N) is 1. The predicted octanol–water partition coefficient (Wildman–Crippen LogP) is 5.00. The zero-order valence-corrected chi connectivity index (χ0v) is 18.8. The van der Waals surface area contributed by atoms with Gasteiger partial charge >= 0.3 is 5.97 Å². The average molecular weight is 480 g/mol. The zero-order chi connectivity index (χ0) is 22.4. The maximum absolute atomic E-state index is 11.4. The van der Waals surface area contributed by atoms with Gasteiger partial charge in [-0.1, -0.05) is 23.2 Å². The Kier molecular flexibility index (Phi) is 7.73. The minimum absolute atomic E-state index is 0.149. The maximum atomic E-state index is 11.4.